The predicted octanol–water partition coefficient (Wildman–Crippen LogP) is 5.97. The molecule has 1 aromatic heterocycles. The van der Waals surface area contributed by atoms with Gasteiger partial charge in [0.25, 0.3) is 5.56 Å². The Labute approximate surface area is 184 Å². The van der Waals surface area contributed by atoms with E-state index in [0.29, 0.717) is 32.2 Å². The number of ether oxygens (including phenoxy) is 1. The van der Waals surface area contributed by atoms with Crippen molar-refractivity contribution >= 4 is 45.6 Å². The predicted molar refractivity (Wildman–Crippen MR) is 120 cm³/mol. The maximum Gasteiger partial charge on any atom is 0.255 e. The average molecular weight is 452 g/mol. The van der Waals surface area contributed by atoms with E-state index in [1.807, 2.05) is 24.3 Å². The molecule has 1 heterocycles. The van der Waals surface area contributed by atoms with Crippen LogP contribution in [0, 0.1) is 0 Å². The van der Waals surface area contributed by atoms with Crippen molar-refractivity contribution in [3.05, 3.63) is 73.6 Å². The second kappa shape index (κ2) is 8.97. The van der Waals surface area contributed by atoms with Gasteiger partial charge in [-0.15, -0.1) is 0 Å². The zero-order valence-electron chi connectivity index (χ0n) is 15.7. The smallest absolute Gasteiger partial charge is 0.255 e. The van der Waals surface area contributed by atoms with Crippen LogP contribution in [0.5, 0.6) is 5.75 Å². The van der Waals surface area contributed by atoms with E-state index in [4.69, 9.17) is 39.5 Å². The second-order valence-corrected chi connectivity index (χ2v) is 8.64. The number of rotatable bonds is 5. The van der Waals surface area contributed by atoms with Gasteiger partial charge in [0, 0.05) is 34.2 Å². The van der Waals surface area contributed by atoms with E-state index < -0.39 is 0 Å². The maximum atomic E-state index is 11.9. The Morgan fingerprint density at radius 2 is 1.79 bits per heavy atom. The molecule has 0 saturated heterocycles. The fourth-order valence-corrected chi connectivity index (χ4v) is 4.45. The van der Waals surface area contributed by atoms with Gasteiger partial charge in [-0.05, 0) is 67.0 Å². The number of pyridine rings is 1. The summed E-state index contributed by atoms with van der Waals surface area (Å²) in [5.41, 5.74) is 0.899. The second-order valence-electron chi connectivity index (χ2n) is 7.38. The molecule has 1 aliphatic rings. The Kier molecular flexibility index (Phi) is 6.35. The molecule has 1 fully saturated rings. The first-order chi connectivity index (χ1) is 14.0. The third kappa shape index (κ3) is 4.89. The fraction of sp³-hybridized carbons (Fsp3) is 0.318. The van der Waals surface area contributed by atoms with Gasteiger partial charge in [-0.2, -0.15) is 0 Å². The summed E-state index contributed by atoms with van der Waals surface area (Å²) in [6.07, 6.45) is 5.66. The van der Waals surface area contributed by atoms with Gasteiger partial charge >= 0.3 is 0 Å². The van der Waals surface area contributed by atoms with Crippen LogP contribution in [0.2, 0.25) is 15.1 Å². The zero-order chi connectivity index (χ0) is 20.4. The summed E-state index contributed by atoms with van der Waals surface area (Å²) in [6.45, 7) is 0.719. The van der Waals surface area contributed by atoms with E-state index in [0.717, 1.165) is 43.2 Å². The molecular formula is C22H21Cl3N2O2. The summed E-state index contributed by atoms with van der Waals surface area (Å²) >= 11 is 18.6. The first kappa shape index (κ1) is 20.5. The zero-order valence-corrected chi connectivity index (χ0v) is 17.9. The van der Waals surface area contributed by atoms with E-state index in [1.54, 1.807) is 18.3 Å². The molecule has 0 unspecified atom stereocenters. The summed E-state index contributed by atoms with van der Waals surface area (Å²) in [7, 11) is 0. The van der Waals surface area contributed by atoms with Crippen LogP contribution in [-0.4, -0.2) is 17.1 Å². The Balaban J connectivity index is 1.33. The largest absolute Gasteiger partial charge is 0.489 e. The van der Waals surface area contributed by atoms with Crippen molar-refractivity contribution in [2.75, 3.05) is 0 Å². The lowest BCUT2D eigenvalue weighted by Crippen LogP contribution is -2.36. The highest BCUT2D eigenvalue weighted by molar-refractivity contribution is 6.35. The molecule has 0 spiro atoms. The van der Waals surface area contributed by atoms with Crippen LogP contribution in [0.25, 0.3) is 10.8 Å². The average Bonchev–Trinajstić information content (AvgIpc) is 2.70. The highest BCUT2D eigenvalue weighted by atomic mass is 35.5. The van der Waals surface area contributed by atoms with Crippen LogP contribution >= 0.6 is 34.8 Å². The minimum atomic E-state index is -0.150. The van der Waals surface area contributed by atoms with Crippen molar-refractivity contribution in [2.24, 2.45) is 0 Å². The molecule has 2 aromatic carbocycles. The van der Waals surface area contributed by atoms with Crippen molar-refractivity contribution in [3.63, 3.8) is 0 Å². The number of hydrogen-bond acceptors (Lipinski definition) is 3. The molecule has 7 heteroatoms. The number of H-pyrrole nitrogens is 1. The monoisotopic (exact) mass is 450 g/mol. The number of fused-ring (bicyclic) bond motifs is 1. The van der Waals surface area contributed by atoms with Crippen LogP contribution in [0.3, 0.4) is 0 Å². The van der Waals surface area contributed by atoms with Gasteiger partial charge in [-0.25, -0.2) is 0 Å². The van der Waals surface area contributed by atoms with Gasteiger partial charge in [0.15, 0.2) is 0 Å². The molecule has 3 aromatic rings. The van der Waals surface area contributed by atoms with E-state index >= 15 is 0 Å². The lowest BCUT2D eigenvalue weighted by atomic mass is 9.92. The normalized spacial score (nSPS) is 19.4. The molecule has 29 heavy (non-hydrogen) atoms. The minimum Gasteiger partial charge on any atom is -0.489 e. The first-order valence-corrected chi connectivity index (χ1v) is 10.8. The van der Waals surface area contributed by atoms with Crippen molar-refractivity contribution in [2.45, 2.75) is 44.4 Å². The molecule has 1 saturated carbocycles. The van der Waals surface area contributed by atoms with Gasteiger partial charge in [0.2, 0.25) is 0 Å². The van der Waals surface area contributed by atoms with Crippen LogP contribution in [0.1, 0.15) is 31.2 Å². The van der Waals surface area contributed by atoms with Gasteiger partial charge in [-0.3, -0.25) is 4.79 Å². The third-order valence-corrected chi connectivity index (χ3v) is 6.27. The van der Waals surface area contributed by atoms with E-state index in [2.05, 4.69) is 10.3 Å². The standard InChI is InChI=1S/C22H21Cl3N2O2/c23-15-2-1-14(19(24)10-15)12-27-16-3-5-17(6-4-16)29-21-9-13-7-8-26-22(28)18(13)11-20(21)25/h1-2,7-11,16-17,27H,3-6,12H2,(H,26,28)/t16-,17+. The molecule has 0 bridgehead atoms. The van der Waals surface area contributed by atoms with Crippen LogP contribution in [0.15, 0.2) is 47.4 Å². The SMILES string of the molecule is O=c1[nH]ccc2cc(O[C@H]3CC[C@@H](NCc4ccc(Cl)cc4Cl)CC3)c(Cl)cc12. The fourth-order valence-electron chi connectivity index (χ4n) is 3.76. The van der Waals surface area contributed by atoms with Gasteiger partial charge in [-0.1, -0.05) is 40.9 Å². The van der Waals surface area contributed by atoms with Crippen molar-refractivity contribution in [3.8, 4) is 5.75 Å². The Hall–Kier alpha value is -1.72. The topological polar surface area (TPSA) is 54.1 Å². The molecule has 152 valence electrons. The molecule has 4 nitrogen and oxygen atoms in total. The maximum absolute atomic E-state index is 11.9. The van der Waals surface area contributed by atoms with E-state index in [-0.39, 0.29) is 11.7 Å². The Morgan fingerprint density at radius 1 is 1.00 bits per heavy atom. The molecular weight excluding hydrogens is 431 g/mol. The van der Waals surface area contributed by atoms with Crippen molar-refractivity contribution in [1.82, 2.24) is 10.3 Å². The molecule has 0 radical (unpaired) electrons. The number of aromatic nitrogens is 1. The number of aromatic amines is 1. The highest BCUT2D eigenvalue weighted by Crippen LogP contribution is 2.32. The minimum absolute atomic E-state index is 0.115. The van der Waals surface area contributed by atoms with Crippen LogP contribution in [0.4, 0.5) is 0 Å². The van der Waals surface area contributed by atoms with Crippen LogP contribution in [-0.2, 0) is 6.54 Å². The van der Waals surface area contributed by atoms with Gasteiger partial charge in [0.1, 0.15) is 5.75 Å². The summed E-state index contributed by atoms with van der Waals surface area (Å²) in [5.74, 6) is 0.633. The molecule has 0 aliphatic heterocycles. The number of benzene rings is 2. The van der Waals surface area contributed by atoms with Crippen LogP contribution < -0.4 is 15.6 Å². The van der Waals surface area contributed by atoms with Crippen molar-refractivity contribution < 1.29 is 4.74 Å². The van der Waals surface area contributed by atoms with E-state index in [9.17, 15) is 4.79 Å². The third-order valence-electron chi connectivity index (χ3n) is 5.39. The highest BCUT2D eigenvalue weighted by Gasteiger charge is 2.23. The number of nitrogens with one attached hydrogen (secondary N) is 2. The lowest BCUT2D eigenvalue weighted by Gasteiger charge is -2.30. The molecule has 4 rings (SSSR count). The van der Waals surface area contributed by atoms with Gasteiger partial charge < -0.3 is 15.0 Å². The first-order valence-electron chi connectivity index (χ1n) is 9.64. The lowest BCUT2D eigenvalue weighted by molar-refractivity contribution is 0.139. The number of halogens is 3. The number of hydrogen-bond donors (Lipinski definition) is 2. The molecule has 1 aliphatic carbocycles. The molecule has 2 N–H and O–H groups in total. The summed E-state index contributed by atoms with van der Waals surface area (Å²) in [6, 6.07) is 11.4. The molecule has 0 amide bonds. The Morgan fingerprint density at radius 3 is 2.55 bits per heavy atom. The summed E-state index contributed by atoms with van der Waals surface area (Å²) in [4.78, 5) is 14.6. The Bertz CT molecular complexity index is 1080. The van der Waals surface area contributed by atoms with E-state index in [1.165, 1.54) is 0 Å². The van der Waals surface area contributed by atoms with Crippen molar-refractivity contribution in [1.29, 1.82) is 0 Å². The molecule has 0 atom stereocenters. The summed E-state index contributed by atoms with van der Waals surface area (Å²) < 4.78 is 6.17. The van der Waals surface area contributed by atoms with Gasteiger partial charge in [0.05, 0.1) is 11.1 Å². The summed E-state index contributed by atoms with van der Waals surface area (Å²) in [5, 5.41) is 6.77. The quantitative estimate of drug-likeness (QED) is 0.502.